The summed E-state index contributed by atoms with van der Waals surface area (Å²) in [7, 11) is 0.929. The van der Waals surface area contributed by atoms with Crippen molar-refractivity contribution in [2.75, 3.05) is 13.7 Å². The van der Waals surface area contributed by atoms with E-state index in [-0.39, 0.29) is 25.0 Å². The fraction of sp³-hybridized carbons (Fsp3) is 0.542. The average Bonchev–Trinajstić information content (AvgIpc) is 3.40. The molecule has 0 bridgehead atoms. The summed E-state index contributed by atoms with van der Waals surface area (Å²) in [5.74, 6) is -7.58. The molecule has 0 saturated carbocycles. The molecule has 44 heavy (non-hydrogen) atoms. The third-order valence-electron chi connectivity index (χ3n) is 6.88. The molecule has 0 aliphatic carbocycles. The van der Waals surface area contributed by atoms with Crippen LogP contribution in [0.15, 0.2) is 12.1 Å². The molecular weight excluding hydrogens is 616 g/mol. The van der Waals surface area contributed by atoms with Crippen LogP contribution in [0.1, 0.15) is 23.6 Å². The maximum atomic E-state index is 14.4. The Bertz CT molecular complexity index is 1410. The van der Waals surface area contributed by atoms with Crippen LogP contribution < -0.4 is 5.32 Å². The number of benzene rings is 1. The number of halogens is 6. The second kappa shape index (κ2) is 12.9. The Balaban J connectivity index is 1.50. The van der Waals surface area contributed by atoms with Crippen LogP contribution >= 0.6 is 0 Å². The Morgan fingerprint density at radius 3 is 2.39 bits per heavy atom. The number of esters is 1. The minimum absolute atomic E-state index is 0.183. The maximum absolute atomic E-state index is 14.4. The number of aliphatic hydroxyl groups excluding tert-OH is 3. The van der Waals surface area contributed by atoms with Crippen molar-refractivity contribution in [1.29, 1.82) is 0 Å². The van der Waals surface area contributed by atoms with E-state index in [1.54, 1.807) is 0 Å². The largest absolute Gasteiger partial charge is 0.467 e. The van der Waals surface area contributed by atoms with Gasteiger partial charge in [-0.1, -0.05) is 0 Å². The quantitative estimate of drug-likeness (QED) is 0.178. The molecule has 1 aromatic carbocycles. The van der Waals surface area contributed by atoms with E-state index in [0.29, 0.717) is 6.07 Å². The Hall–Kier alpha value is -4.01. The van der Waals surface area contributed by atoms with Gasteiger partial charge in [0.05, 0.1) is 13.7 Å². The fourth-order valence-electron chi connectivity index (χ4n) is 4.64. The Labute approximate surface area is 243 Å². The number of rotatable bonds is 7. The number of hydrogen-bond acceptors (Lipinski definition) is 11. The lowest BCUT2D eigenvalue weighted by atomic mass is 9.99. The highest BCUT2D eigenvalue weighted by Gasteiger charge is 2.49. The molecule has 1 saturated heterocycles. The van der Waals surface area contributed by atoms with E-state index in [9.17, 15) is 56.0 Å². The first kappa shape index (κ1) is 32.9. The third kappa shape index (κ3) is 7.03. The van der Waals surface area contributed by atoms with E-state index in [4.69, 9.17) is 9.47 Å². The molecule has 2 aliphatic rings. The summed E-state index contributed by atoms with van der Waals surface area (Å²) in [5, 5.41) is 38.9. The zero-order valence-electron chi connectivity index (χ0n) is 22.5. The Morgan fingerprint density at radius 1 is 1.05 bits per heavy atom. The zero-order chi connectivity index (χ0) is 32.5. The first-order valence-corrected chi connectivity index (χ1v) is 12.8. The van der Waals surface area contributed by atoms with Crippen molar-refractivity contribution in [2.24, 2.45) is 0 Å². The van der Waals surface area contributed by atoms with Gasteiger partial charge in [0.2, 0.25) is 18.0 Å². The van der Waals surface area contributed by atoms with E-state index in [1.807, 2.05) is 0 Å². The number of fused-ring (bicyclic) bond motifs is 1. The van der Waals surface area contributed by atoms with Gasteiger partial charge in [-0.2, -0.15) is 13.2 Å². The standard InChI is InChI=1S/C24H25F6N5O9/c1-42-20(40)19-17(38)16(37)18(39)21(43-19)44-23(41)31-10(4-9-5-12(26)13(27)7-11(9)25)6-15(36)34-2-3-35-14(8-34)32-33-22(35)24(28,29)30/h5,7,10,16-19,21,37-39H,2-4,6,8H2,1H3,(H,31,41)/t10-,16+,17+,18-,19+,21+/m1/s1. The van der Waals surface area contributed by atoms with E-state index in [0.717, 1.165) is 16.6 Å². The van der Waals surface area contributed by atoms with Gasteiger partial charge >= 0.3 is 18.2 Å². The Morgan fingerprint density at radius 2 is 1.73 bits per heavy atom. The second-order valence-electron chi connectivity index (χ2n) is 9.84. The first-order chi connectivity index (χ1) is 20.6. The number of hydrogen-bond donors (Lipinski definition) is 4. The van der Waals surface area contributed by atoms with Crippen LogP contribution in [0.5, 0.6) is 0 Å². The lowest BCUT2D eigenvalue weighted by molar-refractivity contribution is -0.279. The van der Waals surface area contributed by atoms with Gasteiger partial charge in [0.1, 0.15) is 24.1 Å². The number of amides is 2. The Kier molecular flexibility index (Phi) is 9.66. The summed E-state index contributed by atoms with van der Waals surface area (Å²) in [6.45, 7) is -0.968. The van der Waals surface area contributed by atoms with Crippen LogP contribution in [-0.4, -0.2) is 103 Å². The van der Waals surface area contributed by atoms with Crippen molar-refractivity contribution in [3.05, 3.63) is 46.8 Å². The topological polar surface area (TPSA) is 186 Å². The number of methoxy groups -OCH3 is 1. The summed E-state index contributed by atoms with van der Waals surface area (Å²) in [6, 6.07) is -0.708. The molecule has 6 atom stereocenters. The van der Waals surface area contributed by atoms with Crippen LogP contribution in [0.25, 0.3) is 0 Å². The van der Waals surface area contributed by atoms with E-state index in [1.165, 1.54) is 0 Å². The van der Waals surface area contributed by atoms with Gasteiger partial charge in [-0.3, -0.25) is 4.79 Å². The average molecular weight is 641 g/mol. The van der Waals surface area contributed by atoms with Crippen molar-refractivity contribution in [3.8, 4) is 0 Å². The third-order valence-corrected chi connectivity index (χ3v) is 6.88. The fourth-order valence-corrected chi connectivity index (χ4v) is 4.64. The number of ether oxygens (including phenoxy) is 3. The van der Waals surface area contributed by atoms with E-state index in [2.05, 4.69) is 20.3 Å². The molecule has 0 spiro atoms. The van der Waals surface area contributed by atoms with Gasteiger partial charge in [0.25, 0.3) is 0 Å². The molecule has 2 amide bonds. The number of alkyl halides is 3. The van der Waals surface area contributed by atoms with Crippen LogP contribution in [0.3, 0.4) is 0 Å². The minimum atomic E-state index is -4.79. The van der Waals surface area contributed by atoms with Crippen LogP contribution in [0.4, 0.5) is 31.1 Å². The molecule has 1 aromatic heterocycles. The molecular formula is C24H25F6N5O9. The summed E-state index contributed by atoms with van der Waals surface area (Å²) < 4.78 is 96.4. The molecule has 2 aromatic rings. The highest BCUT2D eigenvalue weighted by Crippen LogP contribution is 2.30. The molecule has 1 fully saturated rings. The van der Waals surface area contributed by atoms with Crippen molar-refractivity contribution < 1.29 is 70.3 Å². The van der Waals surface area contributed by atoms with Crippen molar-refractivity contribution >= 4 is 18.0 Å². The van der Waals surface area contributed by atoms with Crippen LogP contribution in [0.2, 0.25) is 0 Å². The van der Waals surface area contributed by atoms with Gasteiger partial charge in [-0.25, -0.2) is 22.8 Å². The maximum Gasteiger partial charge on any atom is 0.451 e. The second-order valence-corrected chi connectivity index (χ2v) is 9.84. The first-order valence-electron chi connectivity index (χ1n) is 12.8. The number of nitrogens with zero attached hydrogens (tertiary/aromatic N) is 4. The zero-order valence-corrected chi connectivity index (χ0v) is 22.5. The minimum Gasteiger partial charge on any atom is -0.467 e. The number of nitrogens with one attached hydrogen (secondary N) is 1. The molecule has 0 unspecified atom stereocenters. The summed E-state index contributed by atoms with van der Waals surface area (Å²) in [6.07, 6.45) is -17.6. The van der Waals surface area contributed by atoms with Crippen LogP contribution in [0, 0.1) is 17.5 Å². The number of carbonyl (C=O) groups excluding carboxylic acids is 3. The van der Waals surface area contributed by atoms with Gasteiger partial charge in [-0.15, -0.1) is 10.2 Å². The summed E-state index contributed by atoms with van der Waals surface area (Å²) >= 11 is 0. The van der Waals surface area contributed by atoms with Gasteiger partial charge in [0.15, 0.2) is 23.6 Å². The number of aromatic nitrogens is 3. The van der Waals surface area contributed by atoms with E-state index < -0.39 is 109 Å². The van der Waals surface area contributed by atoms with E-state index >= 15 is 0 Å². The highest BCUT2D eigenvalue weighted by molar-refractivity contribution is 5.78. The lowest BCUT2D eigenvalue weighted by Crippen LogP contribution is -2.61. The normalized spacial score (nSPS) is 24.3. The van der Waals surface area contributed by atoms with Crippen LogP contribution in [-0.2, 0) is 49.5 Å². The number of aliphatic hydroxyl groups is 3. The van der Waals surface area contributed by atoms with Gasteiger partial charge < -0.3 is 44.3 Å². The number of alkyl carbamates (subject to hydrolysis) is 1. The molecule has 3 heterocycles. The molecule has 14 nitrogen and oxygen atoms in total. The molecule has 2 aliphatic heterocycles. The molecule has 0 radical (unpaired) electrons. The van der Waals surface area contributed by atoms with Gasteiger partial charge in [0, 0.05) is 31.6 Å². The SMILES string of the molecule is COC(=O)[C@H]1O[C@@H](OC(=O)N[C@@H](CC(=O)N2CCn3c(nnc3C(F)(F)F)C2)Cc2cc(F)c(F)cc2F)[C@H](O)[C@@H](O)[C@@H]1O. The lowest BCUT2D eigenvalue weighted by Gasteiger charge is -2.38. The summed E-state index contributed by atoms with van der Waals surface area (Å²) in [5.41, 5.74) is -0.478. The van der Waals surface area contributed by atoms with Crippen molar-refractivity contribution in [1.82, 2.24) is 25.0 Å². The van der Waals surface area contributed by atoms with Crippen molar-refractivity contribution in [3.63, 3.8) is 0 Å². The molecule has 4 N–H and O–H groups in total. The smallest absolute Gasteiger partial charge is 0.451 e. The van der Waals surface area contributed by atoms with Gasteiger partial charge in [-0.05, 0) is 18.1 Å². The molecule has 242 valence electrons. The highest BCUT2D eigenvalue weighted by atomic mass is 19.4. The monoisotopic (exact) mass is 641 g/mol. The predicted octanol–water partition coefficient (Wildman–Crippen LogP) is -0.235. The van der Waals surface area contributed by atoms with Crippen molar-refractivity contribution in [2.45, 2.75) is 68.9 Å². The summed E-state index contributed by atoms with van der Waals surface area (Å²) in [4.78, 5) is 38.8. The molecule has 4 rings (SSSR count). The predicted molar refractivity (Wildman–Crippen MR) is 127 cm³/mol. The molecule has 20 heteroatoms. The number of carbonyl (C=O) groups is 3.